The van der Waals surface area contributed by atoms with Gasteiger partial charge in [0.2, 0.25) is 0 Å². The first-order chi connectivity index (χ1) is 8.56. The predicted molar refractivity (Wildman–Crippen MR) is 75.7 cm³/mol. The van der Waals surface area contributed by atoms with Crippen molar-refractivity contribution in [3.05, 3.63) is 39.9 Å². The maximum Gasteiger partial charge on any atom is 0.325 e. The van der Waals surface area contributed by atoms with Crippen LogP contribution < -0.4 is 10.6 Å². The van der Waals surface area contributed by atoms with E-state index in [0.717, 1.165) is 10.4 Å². The largest absolute Gasteiger partial charge is 0.325 e. The van der Waals surface area contributed by atoms with E-state index >= 15 is 0 Å². The summed E-state index contributed by atoms with van der Waals surface area (Å²) in [6, 6.07) is 5.05. The molecule has 1 aromatic heterocycles. The van der Waals surface area contributed by atoms with Gasteiger partial charge < -0.3 is 5.32 Å². The monoisotopic (exact) mass is 281 g/mol. The number of nitrogens with one attached hydrogen (secondary N) is 2. The summed E-state index contributed by atoms with van der Waals surface area (Å²) < 4.78 is 0. The van der Waals surface area contributed by atoms with Crippen LogP contribution >= 0.6 is 22.9 Å². The number of urea groups is 1. The van der Waals surface area contributed by atoms with Crippen LogP contribution in [-0.2, 0) is 0 Å². The molecule has 0 atom stereocenters. The molecular weight excluding hydrogens is 270 g/mol. The summed E-state index contributed by atoms with van der Waals surface area (Å²) in [7, 11) is 0. The Bertz CT molecular complexity index is 582. The van der Waals surface area contributed by atoms with Crippen LogP contribution in [0.5, 0.6) is 0 Å². The smallest absolute Gasteiger partial charge is 0.307 e. The van der Waals surface area contributed by atoms with Gasteiger partial charge in [0.25, 0.3) is 0 Å². The first-order valence-corrected chi connectivity index (χ1v) is 6.51. The number of benzene rings is 1. The van der Waals surface area contributed by atoms with Crippen molar-refractivity contribution in [3.63, 3.8) is 0 Å². The van der Waals surface area contributed by atoms with Crippen LogP contribution in [0.15, 0.2) is 24.4 Å². The number of anilines is 2. The molecule has 0 aliphatic heterocycles. The van der Waals surface area contributed by atoms with Crippen LogP contribution in [0.1, 0.15) is 10.4 Å². The lowest BCUT2D eigenvalue weighted by Gasteiger charge is -2.09. The second kappa shape index (κ2) is 5.37. The number of carbonyl (C=O) groups is 1. The van der Waals surface area contributed by atoms with E-state index in [2.05, 4.69) is 15.6 Å². The van der Waals surface area contributed by atoms with Crippen molar-refractivity contribution in [1.29, 1.82) is 0 Å². The zero-order chi connectivity index (χ0) is 13.1. The minimum atomic E-state index is -0.324. The first kappa shape index (κ1) is 12.9. The van der Waals surface area contributed by atoms with Gasteiger partial charge in [-0.3, -0.25) is 5.32 Å². The Balaban J connectivity index is 2.05. The number of carbonyl (C=O) groups excluding carboxylic acids is 1. The zero-order valence-corrected chi connectivity index (χ0v) is 11.5. The molecule has 1 aromatic carbocycles. The molecule has 18 heavy (non-hydrogen) atoms. The predicted octanol–water partition coefficient (Wildman–Crippen LogP) is 4.06. The zero-order valence-electron chi connectivity index (χ0n) is 9.95. The van der Waals surface area contributed by atoms with Gasteiger partial charge in [0.1, 0.15) is 0 Å². The Morgan fingerprint density at radius 2 is 2.11 bits per heavy atom. The summed E-state index contributed by atoms with van der Waals surface area (Å²) in [5.41, 5.74) is 1.53. The highest BCUT2D eigenvalue weighted by Gasteiger charge is 2.08. The molecule has 2 amide bonds. The minimum Gasteiger partial charge on any atom is -0.307 e. The van der Waals surface area contributed by atoms with E-state index in [1.807, 2.05) is 13.8 Å². The number of halogens is 1. The van der Waals surface area contributed by atoms with E-state index in [4.69, 9.17) is 11.6 Å². The number of amides is 2. The Labute approximate surface area is 114 Å². The summed E-state index contributed by atoms with van der Waals surface area (Å²) in [6.07, 6.45) is 1.71. The highest BCUT2D eigenvalue weighted by atomic mass is 35.5. The van der Waals surface area contributed by atoms with E-state index in [9.17, 15) is 4.79 Å². The Hall–Kier alpha value is -1.59. The molecule has 2 aromatic rings. The lowest BCUT2D eigenvalue weighted by molar-refractivity contribution is 0.262. The number of thiazole rings is 1. The van der Waals surface area contributed by atoms with Crippen molar-refractivity contribution in [2.45, 2.75) is 13.8 Å². The summed E-state index contributed by atoms with van der Waals surface area (Å²) in [6.45, 7) is 3.79. The molecule has 94 valence electrons. The van der Waals surface area contributed by atoms with Crippen molar-refractivity contribution >= 4 is 39.8 Å². The molecule has 0 spiro atoms. The van der Waals surface area contributed by atoms with Gasteiger partial charge in [-0.25, -0.2) is 9.78 Å². The van der Waals surface area contributed by atoms with E-state index in [0.29, 0.717) is 15.8 Å². The molecule has 0 aliphatic rings. The third-order valence-electron chi connectivity index (χ3n) is 2.36. The fourth-order valence-electron chi connectivity index (χ4n) is 1.41. The van der Waals surface area contributed by atoms with E-state index < -0.39 is 0 Å². The molecule has 0 bridgehead atoms. The Morgan fingerprint density at radius 1 is 1.33 bits per heavy atom. The number of nitrogens with zero attached hydrogens (tertiary/aromatic N) is 1. The SMILES string of the molecule is Cc1cnc(NC(=O)Nc2cccc(Cl)c2C)s1. The molecular formula is C12H12ClN3OS. The van der Waals surface area contributed by atoms with Gasteiger partial charge in [-0.2, -0.15) is 0 Å². The third kappa shape index (κ3) is 3.00. The highest BCUT2D eigenvalue weighted by Crippen LogP contribution is 2.23. The summed E-state index contributed by atoms with van der Waals surface area (Å²) in [5.74, 6) is 0. The molecule has 0 unspecified atom stereocenters. The average molecular weight is 282 g/mol. The molecule has 1 heterocycles. The van der Waals surface area contributed by atoms with Crippen LogP contribution in [0.4, 0.5) is 15.6 Å². The number of rotatable bonds is 2. The summed E-state index contributed by atoms with van der Waals surface area (Å²) >= 11 is 7.40. The van der Waals surface area contributed by atoms with Crippen molar-refractivity contribution in [3.8, 4) is 0 Å². The average Bonchev–Trinajstić information content (AvgIpc) is 2.70. The quantitative estimate of drug-likeness (QED) is 0.872. The molecule has 2 N–H and O–H groups in total. The van der Waals surface area contributed by atoms with Crippen LogP contribution in [0.3, 0.4) is 0 Å². The fraction of sp³-hybridized carbons (Fsp3) is 0.167. The number of aryl methyl sites for hydroxylation is 1. The molecule has 0 radical (unpaired) electrons. The van der Waals surface area contributed by atoms with Crippen LogP contribution in [0.25, 0.3) is 0 Å². The third-order valence-corrected chi connectivity index (χ3v) is 3.60. The minimum absolute atomic E-state index is 0.324. The van der Waals surface area contributed by atoms with Crippen molar-refractivity contribution < 1.29 is 4.79 Å². The van der Waals surface area contributed by atoms with Gasteiger partial charge in [0, 0.05) is 21.8 Å². The normalized spacial score (nSPS) is 10.2. The number of aromatic nitrogens is 1. The lowest BCUT2D eigenvalue weighted by Crippen LogP contribution is -2.19. The molecule has 4 nitrogen and oxygen atoms in total. The van der Waals surface area contributed by atoms with Crippen LogP contribution in [0.2, 0.25) is 5.02 Å². The van der Waals surface area contributed by atoms with Crippen molar-refractivity contribution in [2.75, 3.05) is 10.6 Å². The van der Waals surface area contributed by atoms with E-state index in [-0.39, 0.29) is 6.03 Å². The highest BCUT2D eigenvalue weighted by molar-refractivity contribution is 7.15. The summed E-state index contributed by atoms with van der Waals surface area (Å²) in [5, 5.41) is 6.61. The van der Waals surface area contributed by atoms with Gasteiger partial charge >= 0.3 is 6.03 Å². The first-order valence-electron chi connectivity index (χ1n) is 5.32. The Morgan fingerprint density at radius 3 is 2.78 bits per heavy atom. The lowest BCUT2D eigenvalue weighted by atomic mass is 10.2. The maximum absolute atomic E-state index is 11.8. The van der Waals surface area contributed by atoms with Crippen molar-refractivity contribution in [1.82, 2.24) is 4.98 Å². The number of hydrogen-bond donors (Lipinski definition) is 2. The second-order valence-corrected chi connectivity index (χ2v) is 5.41. The van der Waals surface area contributed by atoms with E-state index in [1.165, 1.54) is 11.3 Å². The van der Waals surface area contributed by atoms with Crippen LogP contribution in [0, 0.1) is 13.8 Å². The molecule has 0 saturated carbocycles. The molecule has 0 fully saturated rings. The van der Waals surface area contributed by atoms with Crippen LogP contribution in [-0.4, -0.2) is 11.0 Å². The van der Waals surface area contributed by atoms with Gasteiger partial charge in [0.05, 0.1) is 0 Å². The fourth-order valence-corrected chi connectivity index (χ4v) is 2.24. The van der Waals surface area contributed by atoms with Gasteiger partial charge in [-0.05, 0) is 31.5 Å². The van der Waals surface area contributed by atoms with Crippen molar-refractivity contribution in [2.24, 2.45) is 0 Å². The van der Waals surface area contributed by atoms with Gasteiger partial charge in [-0.15, -0.1) is 11.3 Å². The maximum atomic E-state index is 11.8. The Kier molecular flexibility index (Phi) is 3.84. The molecule has 6 heteroatoms. The second-order valence-electron chi connectivity index (χ2n) is 3.77. The molecule has 2 rings (SSSR count). The van der Waals surface area contributed by atoms with Gasteiger partial charge in [0.15, 0.2) is 5.13 Å². The summed E-state index contributed by atoms with van der Waals surface area (Å²) in [4.78, 5) is 16.9. The van der Waals surface area contributed by atoms with Gasteiger partial charge in [-0.1, -0.05) is 17.7 Å². The number of hydrogen-bond acceptors (Lipinski definition) is 3. The standard InChI is InChI=1S/C12H12ClN3OS/c1-7-6-14-12(18-7)16-11(17)15-10-5-3-4-9(13)8(10)2/h3-6H,1-2H3,(H2,14,15,16,17). The van der Waals surface area contributed by atoms with E-state index in [1.54, 1.807) is 24.4 Å². The molecule has 0 aliphatic carbocycles. The molecule has 0 saturated heterocycles. The topological polar surface area (TPSA) is 54.0 Å².